The summed E-state index contributed by atoms with van der Waals surface area (Å²) < 4.78 is 0. The standard InChI is InChI=1S/C46H72N14O14/c61-36(48-14-7-5-8-35(41(70)71)52-45(72)50-27-37(62)63)9-4-2-1-3-6-15-49-42-53-43(55-44(54-42)58-18-16-47-17-19-58)51-33-12-10-32(11-13-33)26-34-28-60(46(73)74)25-23-57(30-39(66)67)21-20-56(29-38(64)65)22-24-59(34)31-40(68)69/h10-13,34-35,47H,1-9,14-31H2,(H,48,61)(H,62,63)(H,64,65)(H,66,67)(H,68,69)(H,70,71)(H,73,74)(H2,50,52,72)(H2,49,51,53,54,55)/t34?,35-/m0/s1. The number of piperazine rings is 1. The van der Waals surface area contributed by atoms with E-state index in [1.807, 2.05) is 24.3 Å². The molecule has 0 radical (unpaired) electrons. The van der Waals surface area contributed by atoms with Crippen LogP contribution < -0.4 is 36.8 Å². The lowest BCUT2D eigenvalue weighted by atomic mass is 10.0. The van der Waals surface area contributed by atoms with Gasteiger partial charge in [0.2, 0.25) is 23.8 Å². The second kappa shape index (κ2) is 32.1. The maximum Gasteiger partial charge on any atom is 0.407 e. The molecule has 1 unspecified atom stereocenters. The fraction of sp³-hybridized carbons (Fsp3) is 0.630. The lowest BCUT2D eigenvalue weighted by Crippen LogP contribution is -2.53. The molecular formula is C46H72N14O14. The van der Waals surface area contributed by atoms with Gasteiger partial charge in [-0.25, -0.2) is 14.4 Å². The molecule has 4 rings (SSSR count). The number of amides is 4. The largest absolute Gasteiger partial charge is 0.480 e. The monoisotopic (exact) mass is 1040 g/mol. The van der Waals surface area contributed by atoms with Crippen molar-refractivity contribution in [3.8, 4) is 0 Å². The average molecular weight is 1050 g/mol. The van der Waals surface area contributed by atoms with Crippen LogP contribution in [0.5, 0.6) is 0 Å². The minimum Gasteiger partial charge on any atom is -0.480 e. The summed E-state index contributed by atoms with van der Waals surface area (Å²) in [6.45, 7) is 2.60. The van der Waals surface area contributed by atoms with Crippen molar-refractivity contribution in [2.45, 2.75) is 76.3 Å². The number of aromatic nitrogens is 3. The topological polar surface area (TPSA) is 385 Å². The van der Waals surface area contributed by atoms with E-state index in [0.29, 0.717) is 75.4 Å². The molecule has 74 heavy (non-hydrogen) atoms. The number of anilines is 4. The van der Waals surface area contributed by atoms with Crippen LogP contribution in [0.25, 0.3) is 0 Å². The molecule has 2 fully saturated rings. The van der Waals surface area contributed by atoms with Crippen LogP contribution in [0, 0.1) is 0 Å². The molecule has 0 aliphatic carbocycles. The number of nitrogens with one attached hydrogen (secondary N) is 6. The van der Waals surface area contributed by atoms with Gasteiger partial charge in [0.15, 0.2) is 0 Å². The maximum absolute atomic E-state index is 12.5. The highest BCUT2D eigenvalue weighted by atomic mass is 16.4. The number of urea groups is 1. The average Bonchev–Trinajstić information content (AvgIpc) is 3.34. The molecule has 2 aromatic rings. The van der Waals surface area contributed by atoms with Gasteiger partial charge in [0.25, 0.3) is 0 Å². The Balaban J connectivity index is 1.30. The molecule has 0 spiro atoms. The Hall–Kier alpha value is -7.17. The minimum absolute atomic E-state index is 0.0540. The summed E-state index contributed by atoms with van der Waals surface area (Å²) in [5.41, 5.74) is 1.41. The molecule has 3 heterocycles. The zero-order valence-corrected chi connectivity index (χ0v) is 41.6. The Morgan fingerprint density at radius 2 is 1.24 bits per heavy atom. The van der Waals surface area contributed by atoms with Crippen molar-refractivity contribution in [3.63, 3.8) is 0 Å². The number of aliphatic carboxylic acids is 5. The molecule has 2 aliphatic rings. The number of benzene rings is 1. The van der Waals surface area contributed by atoms with Crippen LogP contribution in [0.4, 0.5) is 33.1 Å². The van der Waals surface area contributed by atoms with Crippen molar-refractivity contribution in [3.05, 3.63) is 29.8 Å². The third-order valence-electron chi connectivity index (χ3n) is 12.2. The maximum atomic E-state index is 12.5. The van der Waals surface area contributed by atoms with Gasteiger partial charge in [0, 0.05) is 103 Å². The Morgan fingerprint density at radius 3 is 1.88 bits per heavy atom. The quantitative estimate of drug-likeness (QED) is 0.0476. The number of carboxylic acid groups (broad SMARTS) is 6. The van der Waals surface area contributed by atoms with Crippen LogP contribution in [0.3, 0.4) is 0 Å². The second-order valence-corrected chi connectivity index (χ2v) is 18.0. The number of hydrogen-bond donors (Lipinski definition) is 12. The van der Waals surface area contributed by atoms with Crippen LogP contribution in [0.1, 0.15) is 63.4 Å². The first-order chi connectivity index (χ1) is 35.4. The van der Waals surface area contributed by atoms with Crippen LogP contribution in [0.2, 0.25) is 0 Å². The van der Waals surface area contributed by atoms with E-state index in [2.05, 4.69) is 41.8 Å². The van der Waals surface area contributed by atoms with Crippen molar-refractivity contribution in [2.24, 2.45) is 0 Å². The fourth-order valence-electron chi connectivity index (χ4n) is 8.31. The fourth-order valence-corrected chi connectivity index (χ4v) is 8.31. The van der Waals surface area contributed by atoms with Gasteiger partial charge in [-0.3, -0.25) is 38.7 Å². The molecule has 0 bridgehead atoms. The molecule has 4 amide bonds. The number of nitrogens with zero attached hydrogens (tertiary/aromatic N) is 8. The lowest BCUT2D eigenvalue weighted by Gasteiger charge is -2.37. The predicted octanol–water partition coefficient (Wildman–Crippen LogP) is -0.0347. The third-order valence-corrected chi connectivity index (χ3v) is 12.2. The minimum atomic E-state index is -1.26. The van der Waals surface area contributed by atoms with Gasteiger partial charge in [-0.2, -0.15) is 15.0 Å². The Bertz CT molecular complexity index is 2150. The van der Waals surface area contributed by atoms with Crippen molar-refractivity contribution in [1.29, 1.82) is 0 Å². The van der Waals surface area contributed by atoms with Gasteiger partial charge in [-0.1, -0.05) is 31.4 Å². The van der Waals surface area contributed by atoms with E-state index in [0.717, 1.165) is 49.2 Å². The molecule has 0 saturated carbocycles. The van der Waals surface area contributed by atoms with E-state index in [4.69, 9.17) is 15.1 Å². The van der Waals surface area contributed by atoms with Gasteiger partial charge in [0.1, 0.15) is 12.6 Å². The summed E-state index contributed by atoms with van der Waals surface area (Å²) in [5, 5.41) is 74.2. The summed E-state index contributed by atoms with van der Waals surface area (Å²) in [5.74, 6) is -4.75. The number of carbonyl (C=O) groups excluding carboxylic acids is 2. The molecular weight excluding hydrogens is 973 g/mol. The summed E-state index contributed by atoms with van der Waals surface area (Å²) in [4.78, 5) is 116. The van der Waals surface area contributed by atoms with E-state index in [1.165, 1.54) is 0 Å². The number of rotatable bonds is 29. The predicted molar refractivity (Wildman–Crippen MR) is 268 cm³/mol. The number of carbonyl (C=O) groups is 8. The van der Waals surface area contributed by atoms with Crippen LogP contribution in [-0.4, -0.2) is 236 Å². The first kappa shape index (κ1) is 59.4. The number of carboxylic acids is 5. The van der Waals surface area contributed by atoms with Gasteiger partial charge in [0.05, 0.1) is 19.6 Å². The van der Waals surface area contributed by atoms with E-state index in [-0.39, 0.29) is 77.7 Å². The summed E-state index contributed by atoms with van der Waals surface area (Å²) in [6.07, 6.45) is 4.55. The van der Waals surface area contributed by atoms with Crippen molar-refractivity contribution in [1.82, 2.24) is 55.8 Å². The highest BCUT2D eigenvalue weighted by Crippen LogP contribution is 2.21. The van der Waals surface area contributed by atoms with E-state index in [9.17, 15) is 63.9 Å². The molecule has 12 N–H and O–H groups in total. The van der Waals surface area contributed by atoms with Gasteiger partial charge >= 0.3 is 42.0 Å². The van der Waals surface area contributed by atoms with E-state index >= 15 is 0 Å². The highest BCUT2D eigenvalue weighted by molar-refractivity contribution is 5.84. The Morgan fingerprint density at radius 1 is 0.635 bits per heavy atom. The Labute approximate surface area is 428 Å². The number of unbranched alkanes of at least 4 members (excludes halogenated alkanes) is 5. The SMILES string of the molecule is O=C(O)CNC(=O)N[C@@H](CCCCNC(=O)CCCCCCCNc1nc(Nc2ccc(CC3CN(C(=O)O)CCN(CC(=O)O)CCN(CC(=O)O)CCN3CC(=O)O)cc2)nc(N2CCNCC2)n1)C(=O)O. The summed E-state index contributed by atoms with van der Waals surface area (Å²) in [7, 11) is 0. The van der Waals surface area contributed by atoms with Crippen molar-refractivity contribution in [2.75, 3.05) is 127 Å². The molecule has 2 atom stereocenters. The summed E-state index contributed by atoms with van der Waals surface area (Å²) >= 11 is 0. The highest BCUT2D eigenvalue weighted by Gasteiger charge is 2.29. The van der Waals surface area contributed by atoms with Gasteiger partial charge < -0.3 is 72.3 Å². The lowest BCUT2D eigenvalue weighted by molar-refractivity contribution is -0.141. The molecule has 1 aromatic carbocycles. The van der Waals surface area contributed by atoms with Crippen LogP contribution in [-0.2, 0) is 35.2 Å². The van der Waals surface area contributed by atoms with E-state index in [1.54, 1.807) is 14.7 Å². The van der Waals surface area contributed by atoms with Crippen LogP contribution >= 0.6 is 0 Å². The van der Waals surface area contributed by atoms with E-state index < -0.39 is 67.1 Å². The van der Waals surface area contributed by atoms with Crippen molar-refractivity contribution >= 4 is 71.4 Å². The van der Waals surface area contributed by atoms with Crippen LogP contribution in [0.15, 0.2) is 24.3 Å². The molecule has 2 saturated heterocycles. The second-order valence-electron chi connectivity index (χ2n) is 18.0. The molecule has 410 valence electrons. The Kier molecular flexibility index (Phi) is 25.8. The zero-order chi connectivity index (χ0) is 53.8. The molecule has 28 heteroatoms. The van der Waals surface area contributed by atoms with Crippen molar-refractivity contribution < 1.29 is 69.0 Å². The molecule has 1 aromatic heterocycles. The molecule has 2 aliphatic heterocycles. The first-order valence-corrected chi connectivity index (χ1v) is 24.8. The van der Waals surface area contributed by atoms with Gasteiger partial charge in [-0.15, -0.1) is 0 Å². The smallest absolute Gasteiger partial charge is 0.407 e. The first-order valence-electron chi connectivity index (χ1n) is 24.8. The third kappa shape index (κ3) is 23.6. The normalized spacial score (nSPS) is 16.7. The van der Waals surface area contributed by atoms with Gasteiger partial charge in [-0.05, 0) is 56.2 Å². The number of hydrogen-bond acceptors (Lipinski definition) is 18. The summed E-state index contributed by atoms with van der Waals surface area (Å²) in [6, 6.07) is 4.56. The zero-order valence-electron chi connectivity index (χ0n) is 41.6. The molecule has 28 nitrogen and oxygen atoms in total.